The van der Waals surface area contributed by atoms with Gasteiger partial charge in [0.05, 0.1) is 0 Å². The number of nitrogens with zero attached hydrogens (tertiary/aromatic N) is 2. The highest BCUT2D eigenvalue weighted by Crippen LogP contribution is 2.34. The van der Waals surface area contributed by atoms with Gasteiger partial charge in [0.15, 0.2) is 0 Å². The lowest BCUT2D eigenvalue weighted by molar-refractivity contribution is 0.261. The van der Waals surface area contributed by atoms with Gasteiger partial charge in [-0.05, 0) is 32.6 Å². The number of hydrogen-bond acceptors (Lipinski definition) is 2. The Morgan fingerprint density at radius 3 is 2.19 bits per heavy atom. The first-order valence-corrected chi connectivity index (χ1v) is 7.89. The molecule has 0 spiro atoms. The summed E-state index contributed by atoms with van der Waals surface area (Å²) in [4.78, 5) is 0.580. The molecule has 0 heterocycles. The minimum Gasteiger partial charge on any atom is -0.195 e. The molecule has 0 unspecified atom stereocenters. The molecule has 0 N–H and O–H groups in total. The van der Waals surface area contributed by atoms with Crippen molar-refractivity contribution in [1.82, 2.24) is 8.61 Å². The molecule has 0 radical (unpaired) electrons. The Hall–Kier alpha value is 0.350. The highest BCUT2D eigenvalue weighted by Gasteiger charge is 2.32. The molecule has 0 amide bonds. The second-order valence-corrected chi connectivity index (χ2v) is 8.22. The Balaban J connectivity index is 2.55. The van der Waals surface area contributed by atoms with Crippen LogP contribution in [0.1, 0.15) is 26.7 Å². The topological polar surface area (TPSA) is 40.6 Å². The maximum absolute atomic E-state index is 12.1. The molecule has 0 aromatic rings. The monoisotopic (exact) mass is 312 g/mol. The molecule has 0 atom stereocenters. The fourth-order valence-corrected chi connectivity index (χ4v) is 4.18. The lowest BCUT2D eigenvalue weighted by Gasteiger charge is -2.35. The summed E-state index contributed by atoms with van der Waals surface area (Å²) in [6.45, 7) is 4.38. The van der Waals surface area contributed by atoms with Crippen LogP contribution >= 0.6 is 15.9 Å². The Morgan fingerprint density at radius 1 is 1.31 bits per heavy atom. The SMILES string of the molecule is CC(C)N(C)S(=O)(=O)N(C)CC1CC(Br)C1. The van der Waals surface area contributed by atoms with Gasteiger partial charge in [-0.15, -0.1) is 0 Å². The molecule has 1 saturated carbocycles. The van der Waals surface area contributed by atoms with Crippen molar-refractivity contribution in [3.05, 3.63) is 0 Å². The number of halogens is 1. The van der Waals surface area contributed by atoms with Gasteiger partial charge >= 0.3 is 0 Å². The lowest BCUT2D eigenvalue weighted by Crippen LogP contribution is -2.46. The average Bonchev–Trinajstić information content (AvgIpc) is 2.13. The zero-order valence-corrected chi connectivity index (χ0v) is 12.8. The Bertz CT molecular complexity index is 326. The summed E-state index contributed by atoms with van der Waals surface area (Å²) in [7, 11) is 0.0164. The average molecular weight is 313 g/mol. The van der Waals surface area contributed by atoms with Gasteiger partial charge in [0.25, 0.3) is 10.2 Å². The minimum atomic E-state index is -3.28. The van der Waals surface area contributed by atoms with Crippen LogP contribution in [-0.4, -0.2) is 48.5 Å². The van der Waals surface area contributed by atoms with E-state index in [-0.39, 0.29) is 6.04 Å². The highest BCUT2D eigenvalue weighted by molar-refractivity contribution is 9.09. The number of rotatable bonds is 5. The van der Waals surface area contributed by atoms with Crippen molar-refractivity contribution in [2.24, 2.45) is 5.92 Å². The zero-order valence-electron chi connectivity index (χ0n) is 10.4. The van der Waals surface area contributed by atoms with Crippen LogP contribution in [0, 0.1) is 5.92 Å². The van der Waals surface area contributed by atoms with E-state index in [0.29, 0.717) is 17.3 Å². The predicted molar refractivity (Wildman–Crippen MR) is 69.9 cm³/mol. The minimum absolute atomic E-state index is 0.00207. The molecular formula is C10H21BrN2O2S. The fourth-order valence-electron chi connectivity index (χ4n) is 1.75. The van der Waals surface area contributed by atoms with Crippen molar-refractivity contribution in [2.75, 3.05) is 20.6 Å². The van der Waals surface area contributed by atoms with E-state index in [1.165, 1.54) is 8.61 Å². The van der Waals surface area contributed by atoms with Crippen LogP contribution in [0.25, 0.3) is 0 Å². The first-order chi connectivity index (χ1) is 7.25. The van der Waals surface area contributed by atoms with Gasteiger partial charge in [-0.25, -0.2) is 0 Å². The van der Waals surface area contributed by atoms with Crippen LogP contribution in [0.15, 0.2) is 0 Å². The molecule has 0 saturated heterocycles. The first kappa shape index (κ1) is 14.4. The van der Waals surface area contributed by atoms with Gasteiger partial charge in [0.2, 0.25) is 0 Å². The van der Waals surface area contributed by atoms with Crippen molar-refractivity contribution in [3.8, 4) is 0 Å². The Morgan fingerprint density at radius 2 is 1.81 bits per heavy atom. The molecule has 0 bridgehead atoms. The largest absolute Gasteiger partial charge is 0.281 e. The molecule has 6 heteroatoms. The zero-order chi connectivity index (χ0) is 12.5. The van der Waals surface area contributed by atoms with Crippen LogP contribution in [0.5, 0.6) is 0 Å². The summed E-state index contributed by atoms with van der Waals surface area (Å²) in [5, 5.41) is 0. The first-order valence-electron chi connectivity index (χ1n) is 5.58. The maximum atomic E-state index is 12.1. The van der Waals surface area contributed by atoms with Gasteiger partial charge in [0, 0.05) is 31.5 Å². The van der Waals surface area contributed by atoms with Gasteiger partial charge in [0.1, 0.15) is 0 Å². The maximum Gasteiger partial charge on any atom is 0.281 e. The third-order valence-electron chi connectivity index (χ3n) is 3.18. The molecular weight excluding hydrogens is 292 g/mol. The van der Waals surface area contributed by atoms with Crippen LogP contribution in [0.3, 0.4) is 0 Å². The molecule has 0 aromatic heterocycles. The summed E-state index contributed by atoms with van der Waals surface area (Å²) in [5.74, 6) is 0.504. The van der Waals surface area contributed by atoms with E-state index >= 15 is 0 Å². The third-order valence-corrected chi connectivity index (χ3v) is 6.01. The van der Waals surface area contributed by atoms with Gasteiger partial charge in [-0.3, -0.25) is 0 Å². The molecule has 0 aromatic carbocycles. The van der Waals surface area contributed by atoms with Gasteiger partial charge < -0.3 is 0 Å². The van der Waals surface area contributed by atoms with Crippen LogP contribution in [0.4, 0.5) is 0 Å². The van der Waals surface area contributed by atoms with Gasteiger partial charge in [-0.2, -0.15) is 17.0 Å². The number of alkyl halides is 1. The normalized spacial score (nSPS) is 26.5. The van der Waals surface area contributed by atoms with E-state index in [4.69, 9.17) is 0 Å². The Labute approximate surface area is 107 Å². The van der Waals surface area contributed by atoms with E-state index in [1.54, 1.807) is 14.1 Å². The van der Waals surface area contributed by atoms with Crippen molar-refractivity contribution in [2.45, 2.75) is 37.6 Å². The number of hydrogen-bond donors (Lipinski definition) is 0. The van der Waals surface area contributed by atoms with Crippen molar-refractivity contribution in [3.63, 3.8) is 0 Å². The van der Waals surface area contributed by atoms with Crippen LogP contribution in [-0.2, 0) is 10.2 Å². The van der Waals surface area contributed by atoms with Crippen molar-refractivity contribution in [1.29, 1.82) is 0 Å². The van der Waals surface area contributed by atoms with Crippen LogP contribution in [0.2, 0.25) is 0 Å². The molecule has 0 aliphatic heterocycles. The molecule has 1 aliphatic carbocycles. The van der Waals surface area contributed by atoms with Gasteiger partial charge in [-0.1, -0.05) is 15.9 Å². The summed E-state index contributed by atoms with van der Waals surface area (Å²) >= 11 is 3.51. The molecule has 1 rings (SSSR count). The molecule has 1 fully saturated rings. The van der Waals surface area contributed by atoms with Crippen molar-refractivity contribution < 1.29 is 8.42 Å². The van der Waals surface area contributed by atoms with Crippen molar-refractivity contribution >= 4 is 26.1 Å². The third kappa shape index (κ3) is 3.18. The smallest absolute Gasteiger partial charge is 0.195 e. The summed E-state index contributed by atoms with van der Waals surface area (Å²) in [6.07, 6.45) is 2.15. The second kappa shape index (κ2) is 5.33. The van der Waals surface area contributed by atoms with E-state index < -0.39 is 10.2 Å². The van der Waals surface area contributed by atoms with E-state index in [0.717, 1.165) is 12.8 Å². The van der Waals surface area contributed by atoms with E-state index in [9.17, 15) is 8.42 Å². The molecule has 4 nitrogen and oxygen atoms in total. The highest BCUT2D eigenvalue weighted by atomic mass is 79.9. The quantitative estimate of drug-likeness (QED) is 0.725. The predicted octanol–water partition coefficient (Wildman–Crippen LogP) is 1.68. The molecule has 16 heavy (non-hydrogen) atoms. The fraction of sp³-hybridized carbons (Fsp3) is 1.00. The second-order valence-electron chi connectivity index (χ2n) is 4.83. The summed E-state index contributed by atoms with van der Waals surface area (Å²) in [5.41, 5.74) is 0. The lowest BCUT2D eigenvalue weighted by atomic mass is 9.85. The summed E-state index contributed by atoms with van der Waals surface area (Å²) < 4.78 is 27.0. The van der Waals surface area contributed by atoms with Crippen LogP contribution < -0.4 is 0 Å². The Kier molecular flexibility index (Phi) is 4.80. The molecule has 1 aliphatic rings. The van der Waals surface area contributed by atoms with E-state index in [2.05, 4.69) is 15.9 Å². The van der Waals surface area contributed by atoms with E-state index in [1.807, 2.05) is 13.8 Å². The molecule has 96 valence electrons. The summed E-state index contributed by atoms with van der Waals surface area (Å²) in [6, 6.07) is -0.00207. The standard InChI is InChI=1S/C10H21BrN2O2S/c1-8(2)13(4)16(14,15)12(3)7-9-5-10(11)6-9/h8-10H,5-7H2,1-4H3.